The number of hydrogen-bond acceptors (Lipinski definition) is 1. The second-order valence-electron chi connectivity index (χ2n) is 6.03. The first-order chi connectivity index (χ1) is 10.9. The molecule has 0 unspecified atom stereocenters. The summed E-state index contributed by atoms with van der Waals surface area (Å²) >= 11 is 0. The first-order valence-electron chi connectivity index (χ1n) is 7.80. The van der Waals surface area contributed by atoms with Gasteiger partial charge in [-0.15, -0.1) is 0 Å². The molecule has 22 heavy (non-hydrogen) atoms. The van der Waals surface area contributed by atoms with Crippen molar-refractivity contribution in [1.82, 2.24) is 4.98 Å². The zero-order valence-corrected chi connectivity index (χ0v) is 12.2. The van der Waals surface area contributed by atoms with E-state index in [0.717, 1.165) is 24.1 Å². The van der Waals surface area contributed by atoms with E-state index < -0.39 is 0 Å². The van der Waals surface area contributed by atoms with Crippen molar-refractivity contribution in [2.45, 2.75) is 12.8 Å². The molecule has 0 saturated heterocycles. The summed E-state index contributed by atoms with van der Waals surface area (Å²) in [7, 11) is 0. The van der Waals surface area contributed by atoms with E-state index in [4.69, 9.17) is 4.98 Å². The smallest absolute Gasteiger partial charge is 0.0715 e. The minimum atomic E-state index is 1.09. The van der Waals surface area contributed by atoms with Gasteiger partial charge in [0.15, 0.2) is 0 Å². The van der Waals surface area contributed by atoms with E-state index in [1.165, 1.54) is 32.5 Å². The maximum Gasteiger partial charge on any atom is 0.0715 e. The molecular weight excluding hydrogens is 266 g/mol. The van der Waals surface area contributed by atoms with Crippen LogP contribution in [0.2, 0.25) is 0 Å². The highest BCUT2D eigenvalue weighted by atomic mass is 14.7. The molecule has 0 atom stereocenters. The van der Waals surface area contributed by atoms with Crippen LogP contribution < -0.4 is 0 Å². The van der Waals surface area contributed by atoms with Crippen LogP contribution in [-0.4, -0.2) is 4.98 Å². The van der Waals surface area contributed by atoms with Crippen molar-refractivity contribution in [2.24, 2.45) is 0 Å². The van der Waals surface area contributed by atoms with Crippen LogP contribution in [-0.2, 0) is 6.42 Å². The molecule has 1 aliphatic carbocycles. The Hall–Kier alpha value is -2.67. The summed E-state index contributed by atoms with van der Waals surface area (Å²) in [5.41, 5.74) is 3.60. The molecule has 5 rings (SSSR count). The van der Waals surface area contributed by atoms with Crippen molar-refractivity contribution in [3.05, 3.63) is 71.9 Å². The quantitative estimate of drug-likeness (QED) is 0.306. The summed E-state index contributed by atoms with van der Waals surface area (Å²) < 4.78 is 0. The summed E-state index contributed by atoms with van der Waals surface area (Å²) in [5, 5.41) is 6.46. The Morgan fingerprint density at radius 1 is 0.773 bits per heavy atom. The third-order valence-electron chi connectivity index (χ3n) is 4.65. The van der Waals surface area contributed by atoms with Crippen LogP contribution in [0.25, 0.3) is 38.5 Å². The van der Waals surface area contributed by atoms with Crippen LogP contribution >= 0.6 is 0 Å². The maximum absolute atomic E-state index is 4.86. The van der Waals surface area contributed by atoms with Crippen LogP contribution in [0.3, 0.4) is 0 Å². The average molecular weight is 281 g/mol. The van der Waals surface area contributed by atoms with E-state index >= 15 is 0 Å². The molecule has 0 spiro atoms. The van der Waals surface area contributed by atoms with E-state index in [0.29, 0.717) is 0 Å². The van der Waals surface area contributed by atoms with Gasteiger partial charge in [0, 0.05) is 5.39 Å². The zero-order valence-electron chi connectivity index (χ0n) is 12.2. The van der Waals surface area contributed by atoms with Gasteiger partial charge in [-0.25, -0.2) is 4.98 Å². The number of aromatic nitrogens is 1. The van der Waals surface area contributed by atoms with Crippen molar-refractivity contribution in [3.8, 4) is 0 Å². The van der Waals surface area contributed by atoms with Gasteiger partial charge in [-0.1, -0.05) is 36.4 Å². The fourth-order valence-electron chi connectivity index (χ4n) is 3.50. The van der Waals surface area contributed by atoms with Crippen molar-refractivity contribution < 1.29 is 0 Å². The van der Waals surface area contributed by atoms with Gasteiger partial charge in [0.2, 0.25) is 0 Å². The number of aryl methyl sites for hydroxylation is 1. The zero-order chi connectivity index (χ0) is 14.5. The Kier molecular flexibility index (Phi) is 2.39. The van der Waals surface area contributed by atoms with Crippen LogP contribution in [0.4, 0.5) is 0 Å². The Morgan fingerprint density at radius 3 is 2.55 bits per heavy atom. The van der Waals surface area contributed by atoms with Gasteiger partial charge in [-0.2, -0.15) is 0 Å². The molecule has 3 aromatic carbocycles. The lowest BCUT2D eigenvalue weighted by Crippen LogP contribution is -1.97. The number of rotatable bonds is 0. The number of pyridine rings is 1. The van der Waals surface area contributed by atoms with E-state index in [9.17, 15) is 0 Å². The third kappa shape index (κ3) is 1.69. The van der Waals surface area contributed by atoms with E-state index in [1.54, 1.807) is 0 Å². The Bertz CT molecular complexity index is 1070. The van der Waals surface area contributed by atoms with Crippen molar-refractivity contribution in [1.29, 1.82) is 0 Å². The van der Waals surface area contributed by atoms with E-state index in [2.05, 4.69) is 66.7 Å². The average Bonchev–Trinajstić information content (AvgIpc) is 2.58. The largest absolute Gasteiger partial charge is 0.248 e. The number of nitrogens with zero attached hydrogens (tertiary/aromatic N) is 1. The van der Waals surface area contributed by atoms with E-state index in [1.807, 2.05) is 0 Å². The summed E-state index contributed by atoms with van der Waals surface area (Å²) in [5.74, 6) is 0. The van der Waals surface area contributed by atoms with Crippen molar-refractivity contribution in [2.75, 3.05) is 0 Å². The number of benzene rings is 3. The lowest BCUT2D eigenvalue weighted by molar-refractivity contribution is 0.973. The molecule has 1 aromatic heterocycles. The van der Waals surface area contributed by atoms with E-state index in [-0.39, 0.29) is 0 Å². The molecule has 1 heterocycles. The standard InChI is InChI=1S/C21H15N/c1-2-6-15-12-18-16(11-14(15)5-1)9-10-21-19(18)13-17-7-3-4-8-20(17)22-21/h1-2,4-6,8-13H,3,7H2. The highest BCUT2D eigenvalue weighted by molar-refractivity contribution is 6.11. The van der Waals surface area contributed by atoms with Crippen LogP contribution in [0.1, 0.15) is 17.7 Å². The molecular formula is C21H15N. The van der Waals surface area contributed by atoms with Gasteiger partial charge >= 0.3 is 0 Å². The van der Waals surface area contributed by atoms with Gasteiger partial charge in [-0.3, -0.25) is 0 Å². The Morgan fingerprint density at radius 2 is 1.64 bits per heavy atom. The predicted molar refractivity (Wildman–Crippen MR) is 94.1 cm³/mol. The number of fused-ring (bicyclic) bond motifs is 5. The Balaban J connectivity index is 1.93. The highest BCUT2D eigenvalue weighted by Crippen LogP contribution is 2.31. The van der Waals surface area contributed by atoms with Gasteiger partial charge in [0.1, 0.15) is 0 Å². The van der Waals surface area contributed by atoms with Gasteiger partial charge < -0.3 is 0 Å². The molecule has 0 aliphatic heterocycles. The molecule has 0 N–H and O–H groups in total. The van der Waals surface area contributed by atoms with Crippen molar-refractivity contribution >= 4 is 38.5 Å². The normalized spacial score (nSPS) is 13.8. The number of allylic oxidation sites excluding steroid dienone is 1. The lowest BCUT2D eigenvalue weighted by Gasteiger charge is -2.12. The molecule has 0 amide bonds. The molecule has 0 fully saturated rings. The van der Waals surface area contributed by atoms with Gasteiger partial charge in [0.05, 0.1) is 11.2 Å². The summed E-state index contributed by atoms with van der Waals surface area (Å²) in [6, 6.07) is 19.8. The molecule has 1 nitrogen and oxygen atoms in total. The molecule has 4 aromatic rings. The maximum atomic E-state index is 4.86. The minimum Gasteiger partial charge on any atom is -0.248 e. The second-order valence-corrected chi connectivity index (χ2v) is 6.03. The van der Waals surface area contributed by atoms with Crippen LogP contribution in [0, 0.1) is 0 Å². The monoisotopic (exact) mass is 281 g/mol. The van der Waals surface area contributed by atoms with Gasteiger partial charge in [-0.05, 0) is 70.3 Å². The summed E-state index contributed by atoms with van der Waals surface area (Å²) in [4.78, 5) is 4.86. The topological polar surface area (TPSA) is 12.9 Å². The van der Waals surface area contributed by atoms with Crippen molar-refractivity contribution in [3.63, 3.8) is 0 Å². The fraction of sp³-hybridized carbons (Fsp3) is 0.0952. The predicted octanol–water partition coefficient (Wildman–Crippen LogP) is 5.50. The molecule has 1 aliphatic rings. The molecule has 104 valence electrons. The first-order valence-corrected chi connectivity index (χ1v) is 7.80. The summed E-state index contributed by atoms with van der Waals surface area (Å²) in [6.45, 7) is 0. The summed E-state index contributed by atoms with van der Waals surface area (Å²) in [6.07, 6.45) is 6.59. The first kappa shape index (κ1) is 11.9. The number of hydrogen-bond donors (Lipinski definition) is 0. The van der Waals surface area contributed by atoms with Crippen LogP contribution in [0.15, 0.2) is 60.7 Å². The second kappa shape index (κ2) is 4.41. The van der Waals surface area contributed by atoms with Crippen LogP contribution in [0.5, 0.6) is 0 Å². The van der Waals surface area contributed by atoms with Gasteiger partial charge in [0.25, 0.3) is 0 Å². The highest BCUT2D eigenvalue weighted by Gasteiger charge is 2.10. The Labute approximate surface area is 128 Å². The molecule has 1 heteroatoms. The fourth-order valence-corrected chi connectivity index (χ4v) is 3.50. The SMILES string of the molecule is C1=Cc2nc3ccc4cc5ccccc5cc4c3cc2CC1. The molecule has 0 bridgehead atoms. The minimum absolute atomic E-state index is 1.09. The molecule has 0 radical (unpaired) electrons. The molecule has 0 saturated carbocycles. The third-order valence-corrected chi connectivity index (χ3v) is 4.65. The lowest BCUT2D eigenvalue weighted by atomic mass is 9.96.